The summed E-state index contributed by atoms with van der Waals surface area (Å²) < 4.78 is 0. The first-order valence-corrected chi connectivity index (χ1v) is 4.44. The molecule has 0 radical (unpaired) electrons. The van der Waals surface area contributed by atoms with Crippen LogP contribution in [0.15, 0.2) is 30.9 Å². The Kier molecular flexibility index (Phi) is 3.34. The minimum atomic E-state index is -0.117. The molecule has 0 saturated carbocycles. The Labute approximate surface area is 83.2 Å². The van der Waals surface area contributed by atoms with E-state index in [1.165, 1.54) is 0 Å². The summed E-state index contributed by atoms with van der Waals surface area (Å²) in [6.45, 7) is 3.62. The van der Waals surface area contributed by atoms with Crippen molar-refractivity contribution in [2.24, 2.45) is 5.73 Å². The van der Waals surface area contributed by atoms with Crippen molar-refractivity contribution < 1.29 is 0 Å². The molecule has 13 heavy (non-hydrogen) atoms. The largest absolute Gasteiger partial charge is 0.399 e. The summed E-state index contributed by atoms with van der Waals surface area (Å²) in [7, 11) is 0. The van der Waals surface area contributed by atoms with Gasteiger partial charge in [0.05, 0.1) is 0 Å². The van der Waals surface area contributed by atoms with Crippen LogP contribution in [0.3, 0.4) is 0 Å². The molecule has 0 aliphatic rings. The number of halogens is 1. The monoisotopic (exact) mass is 196 g/mol. The second-order valence-corrected chi connectivity index (χ2v) is 3.32. The maximum atomic E-state index is 5.96. The van der Waals surface area contributed by atoms with Crippen LogP contribution in [0.2, 0.25) is 5.02 Å². The van der Waals surface area contributed by atoms with E-state index in [0.717, 1.165) is 5.56 Å². The lowest BCUT2D eigenvalue weighted by molar-refractivity contribution is 0.742. The fraction of sp³-hybridized carbons (Fsp3) is 0.200. The quantitative estimate of drug-likeness (QED) is 0.577. The van der Waals surface area contributed by atoms with Crippen LogP contribution in [0, 0.1) is 0 Å². The lowest BCUT2D eigenvalue weighted by Crippen LogP contribution is -2.09. The second kappa shape index (κ2) is 4.30. The summed E-state index contributed by atoms with van der Waals surface area (Å²) >= 11 is 5.96. The molecule has 0 bridgehead atoms. The van der Waals surface area contributed by atoms with E-state index in [-0.39, 0.29) is 6.04 Å². The predicted octanol–water partition coefficient (Wildman–Crippen LogP) is 2.50. The third-order valence-corrected chi connectivity index (χ3v) is 2.18. The van der Waals surface area contributed by atoms with Crippen molar-refractivity contribution in [1.29, 1.82) is 0 Å². The Hall–Kier alpha value is -0.990. The second-order valence-electron chi connectivity index (χ2n) is 2.91. The molecule has 0 saturated heterocycles. The Bertz CT molecular complexity index is 310. The van der Waals surface area contributed by atoms with Gasteiger partial charge in [-0.3, -0.25) is 0 Å². The predicted molar refractivity (Wildman–Crippen MR) is 57.6 cm³/mol. The molecule has 0 heterocycles. The zero-order valence-electron chi connectivity index (χ0n) is 7.33. The van der Waals surface area contributed by atoms with Gasteiger partial charge in [-0.1, -0.05) is 17.7 Å². The smallest absolute Gasteiger partial charge is 0.0455 e. The molecule has 1 rings (SSSR count). The number of rotatable bonds is 3. The number of benzene rings is 1. The van der Waals surface area contributed by atoms with E-state index >= 15 is 0 Å². The van der Waals surface area contributed by atoms with Crippen molar-refractivity contribution in [2.75, 3.05) is 5.73 Å². The number of hydrogen-bond acceptors (Lipinski definition) is 2. The van der Waals surface area contributed by atoms with Gasteiger partial charge in [0.25, 0.3) is 0 Å². The van der Waals surface area contributed by atoms with Gasteiger partial charge in [0.15, 0.2) is 0 Å². The van der Waals surface area contributed by atoms with E-state index in [2.05, 4.69) is 6.58 Å². The minimum absolute atomic E-state index is 0.117. The number of hydrogen-bond donors (Lipinski definition) is 2. The van der Waals surface area contributed by atoms with Gasteiger partial charge >= 0.3 is 0 Å². The normalized spacial score (nSPS) is 12.5. The molecule has 1 aromatic carbocycles. The van der Waals surface area contributed by atoms with E-state index < -0.39 is 0 Å². The SMILES string of the molecule is C=CC[C@@H](N)c1cc(N)ccc1Cl. The van der Waals surface area contributed by atoms with Gasteiger partial charge in [0.2, 0.25) is 0 Å². The third-order valence-electron chi connectivity index (χ3n) is 1.84. The van der Waals surface area contributed by atoms with Crippen LogP contribution < -0.4 is 11.5 Å². The Morgan fingerprint density at radius 3 is 2.85 bits per heavy atom. The van der Waals surface area contributed by atoms with Gasteiger partial charge in [-0.2, -0.15) is 0 Å². The molecule has 0 unspecified atom stereocenters. The number of nitrogen functional groups attached to an aromatic ring is 1. The van der Waals surface area contributed by atoms with Crippen LogP contribution in [0.5, 0.6) is 0 Å². The number of anilines is 1. The van der Waals surface area contributed by atoms with Crippen LogP contribution in [-0.4, -0.2) is 0 Å². The first-order chi connectivity index (χ1) is 6.15. The van der Waals surface area contributed by atoms with Crippen LogP contribution in [0.4, 0.5) is 5.69 Å². The molecular weight excluding hydrogens is 184 g/mol. The average molecular weight is 197 g/mol. The average Bonchev–Trinajstić information content (AvgIpc) is 2.09. The molecule has 0 spiro atoms. The van der Waals surface area contributed by atoms with Crippen molar-refractivity contribution in [3.63, 3.8) is 0 Å². The van der Waals surface area contributed by atoms with Crippen LogP contribution in [0.25, 0.3) is 0 Å². The molecular formula is C10H13ClN2. The molecule has 0 aromatic heterocycles. The fourth-order valence-electron chi connectivity index (χ4n) is 1.15. The van der Waals surface area contributed by atoms with Crippen molar-refractivity contribution in [1.82, 2.24) is 0 Å². The third kappa shape index (κ3) is 2.47. The van der Waals surface area contributed by atoms with Gasteiger partial charge in [-0.25, -0.2) is 0 Å². The lowest BCUT2D eigenvalue weighted by Gasteiger charge is -2.11. The summed E-state index contributed by atoms with van der Waals surface area (Å²) in [5.41, 5.74) is 13.0. The molecule has 3 heteroatoms. The number of nitrogens with two attached hydrogens (primary N) is 2. The van der Waals surface area contributed by atoms with E-state index in [1.54, 1.807) is 24.3 Å². The molecule has 0 aliphatic carbocycles. The highest BCUT2D eigenvalue weighted by Crippen LogP contribution is 2.25. The summed E-state index contributed by atoms with van der Waals surface area (Å²) in [5.74, 6) is 0. The molecule has 0 aliphatic heterocycles. The Morgan fingerprint density at radius 1 is 1.54 bits per heavy atom. The molecule has 2 nitrogen and oxygen atoms in total. The van der Waals surface area contributed by atoms with Gasteiger partial charge in [0, 0.05) is 16.8 Å². The van der Waals surface area contributed by atoms with Crippen LogP contribution >= 0.6 is 11.6 Å². The summed E-state index contributed by atoms with van der Waals surface area (Å²) in [4.78, 5) is 0. The van der Waals surface area contributed by atoms with Gasteiger partial charge in [-0.15, -0.1) is 6.58 Å². The molecule has 1 atom stereocenters. The van der Waals surface area contributed by atoms with E-state index in [4.69, 9.17) is 23.1 Å². The van der Waals surface area contributed by atoms with Crippen molar-refractivity contribution in [3.05, 3.63) is 41.4 Å². The minimum Gasteiger partial charge on any atom is -0.399 e. The molecule has 0 fully saturated rings. The summed E-state index contributed by atoms with van der Waals surface area (Å²) in [6.07, 6.45) is 2.47. The zero-order valence-corrected chi connectivity index (χ0v) is 8.09. The lowest BCUT2D eigenvalue weighted by atomic mass is 10.0. The Balaban J connectivity index is 2.97. The maximum absolute atomic E-state index is 5.96. The van der Waals surface area contributed by atoms with Gasteiger partial charge in [-0.05, 0) is 30.2 Å². The van der Waals surface area contributed by atoms with E-state index in [0.29, 0.717) is 17.1 Å². The van der Waals surface area contributed by atoms with Crippen molar-refractivity contribution in [3.8, 4) is 0 Å². The molecule has 4 N–H and O–H groups in total. The van der Waals surface area contributed by atoms with Crippen LogP contribution in [0.1, 0.15) is 18.0 Å². The van der Waals surface area contributed by atoms with Crippen LogP contribution in [-0.2, 0) is 0 Å². The summed E-state index contributed by atoms with van der Waals surface area (Å²) in [6, 6.07) is 5.20. The maximum Gasteiger partial charge on any atom is 0.0455 e. The molecule has 0 amide bonds. The Morgan fingerprint density at radius 2 is 2.23 bits per heavy atom. The first kappa shape index (κ1) is 10.1. The van der Waals surface area contributed by atoms with Gasteiger partial charge in [0.1, 0.15) is 0 Å². The van der Waals surface area contributed by atoms with E-state index in [1.807, 2.05) is 0 Å². The first-order valence-electron chi connectivity index (χ1n) is 4.06. The zero-order chi connectivity index (χ0) is 9.84. The topological polar surface area (TPSA) is 52.0 Å². The van der Waals surface area contributed by atoms with Crippen molar-refractivity contribution >= 4 is 17.3 Å². The van der Waals surface area contributed by atoms with E-state index in [9.17, 15) is 0 Å². The van der Waals surface area contributed by atoms with Crippen molar-refractivity contribution in [2.45, 2.75) is 12.5 Å². The standard InChI is InChI=1S/C10H13ClN2/c1-2-3-10(13)8-6-7(12)4-5-9(8)11/h2,4-6,10H,1,3,12-13H2/t10-/m1/s1. The highest BCUT2D eigenvalue weighted by molar-refractivity contribution is 6.31. The fourth-order valence-corrected chi connectivity index (χ4v) is 1.41. The highest BCUT2D eigenvalue weighted by atomic mass is 35.5. The van der Waals surface area contributed by atoms with Gasteiger partial charge < -0.3 is 11.5 Å². The molecule has 70 valence electrons. The molecule has 1 aromatic rings. The highest BCUT2D eigenvalue weighted by Gasteiger charge is 2.08. The summed E-state index contributed by atoms with van der Waals surface area (Å²) in [5, 5.41) is 0.656.